The molecule has 2 N–H and O–H groups in total. The number of anilines is 1. The van der Waals surface area contributed by atoms with Crippen molar-refractivity contribution < 1.29 is 17.9 Å². The van der Waals surface area contributed by atoms with Gasteiger partial charge in [-0.1, -0.05) is 0 Å². The highest BCUT2D eigenvalue weighted by Gasteiger charge is 2.22. The minimum atomic E-state index is -3.32. The van der Waals surface area contributed by atoms with Crippen LogP contribution in [0.15, 0.2) is 6.07 Å². The zero-order chi connectivity index (χ0) is 16.3. The van der Waals surface area contributed by atoms with E-state index in [1.807, 2.05) is 0 Å². The molecule has 0 bridgehead atoms. The highest BCUT2D eigenvalue weighted by atomic mass is 32.2. The van der Waals surface area contributed by atoms with Gasteiger partial charge in [0.25, 0.3) is 0 Å². The molecule has 9 heteroatoms. The van der Waals surface area contributed by atoms with Crippen LogP contribution in [0.2, 0.25) is 0 Å². The Labute approximate surface area is 124 Å². The molecule has 0 atom stereocenters. The fourth-order valence-electron chi connectivity index (χ4n) is 1.69. The van der Waals surface area contributed by atoms with Crippen molar-refractivity contribution in [3.05, 3.63) is 17.6 Å². The van der Waals surface area contributed by atoms with Gasteiger partial charge in [0.1, 0.15) is 5.82 Å². The number of hydrogen-bond acceptors (Lipinski definition) is 7. The number of carbonyl (C=O) groups excluding carboxylic acids is 1. The van der Waals surface area contributed by atoms with Gasteiger partial charge in [-0.2, -0.15) is 0 Å². The van der Waals surface area contributed by atoms with E-state index in [2.05, 4.69) is 24.7 Å². The van der Waals surface area contributed by atoms with Crippen molar-refractivity contribution in [1.82, 2.24) is 14.7 Å². The third kappa shape index (κ3) is 6.05. The lowest BCUT2D eigenvalue weighted by Gasteiger charge is -2.25. The lowest BCUT2D eigenvalue weighted by Crippen LogP contribution is -2.47. The summed E-state index contributed by atoms with van der Waals surface area (Å²) < 4.78 is 29.6. The van der Waals surface area contributed by atoms with Crippen molar-refractivity contribution in [3.63, 3.8) is 0 Å². The summed E-state index contributed by atoms with van der Waals surface area (Å²) in [7, 11) is -2.07. The van der Waals surface area contributed by atoms with E-state index in [4.69, 9.17) is 0 Å². The smallest absolute Gasteiger partial charge is 0.376 e. The molecule has 118 valence electrons. The summed E-state index contributed by atoms with van der Waals surface area (Å²) in [6.45, 7) is 5.48. The Hall–Kier alpha value is -1.74. The second kappa shape index (κ2) is 6.35. The minimum Gasteiger partial charge on any atom is -0.463 e. The zero-order valence-corrected chi connectivity index (χ0v) is 13.5. The van der Waals surface area contributed by atoms with Crippen LogP contribution < -0.4 is 10.0 Å². The third-order valence-electron chi connectivity index (χ3n) is 2.40. The number of esters is 1. The van der Waals surface area contributed by atoms with Crippen molar-refractivity contribution in [3.8, 4) is 0 Å². The Morgan fingerprint density at radius 2 is 2.00 bits per heavy atom. The summed E-state index contributed by atoms with van der Waals surface area (Å²) in [5.41, 5.74) is -0.112. The molecular weight excluding hydrogens is 296 g/mol. The third-order valence-corrected chi connectivity index (χ3v) is 3.32. The fourth-order valence-corrected chi connectivity index (χ4v) is 2.77. The number of hydrogen-bond donors (Lipinski definition) is 2. The number of ether oxygens (including phenoxy) is 1. The Morgan fingerprint density at radius 3 is 2.52 bits per heavy atom. The molecule has 0 saturated carbocycles. The first-order chi connectivity index (χ1) is 9.52. The maximum absolute atomic E-state index is 11.4. The molecule has 1 aromatic heterocycles. The molecular formula is C12H20N4O4S. The number of aryl methyl sites for hydroxylation is 1. The molecule has 8 nitrogen and oxygen atoms in total. The SMILES string of the molecule is COC(=O)c1nc(C)cc(NCC(C)(C)NS(C)(=O)=O)n1. The van der Waals surface area contributed by atoms with Gasteiger partial charge in [0, 0.05) is 23.8 Å². The number of methoxy groups -OCH3 is 1. The lowest BCUT2D eigenvalue weighted by atomic mass is 10.1. The van der Waals surface area contributed by atoms with Crippen LogP contribution in [0.5, 0.6) is 0 Å². The average Bonchev–Trinajstić information content (AvgIpc) is 2.32. The summed E-state index contributed by atoms with van der Waals surface area (Å²) in [6.07, 6.45) is 1.10. The molecule has 1 aromatic rings. The number of sulfonamides is 1. The van der Waals surface area contributed by atoms with Crippen molar-refractivity contribution in [2.24, 2.45) is 0 Å². The molecule has 0 aromatic carbocycles. The van der Waals surface area contributed by atoms with E-state index in [0.29, 0.717) is 11.5 Å². The summed E-state index contributed by atoms with van der Waals surface area (Å²) in [5.74, 6) is -0.254. The predicted molar refractivity (Wildman–Crippen MR) is 78.7 cm³/mol. The van der Waals surface area contributed by atoms with Crippen molar-refractivity contribution >= 4 is 21.8 Å². The number of nitrogens with zero attached hydrogens (tertiary/aromatic N) is 2. The summed E-state index contributed by atoms with van der Waals surface area (Å²) >= 11 is 0. The second-order valence-corrected chi connectivity index (χ2v) is 7.07. The van der Waals surface area contributed by atoms with E-state index in [9.17, 15) is 13.2 Å². The highest BCUT2D eigenvalue weighted by molar-refractivity contribution is 7.88. The van der Waals surface area contributed by atoms with Crippen LogP contribution in [-0.2, 0) is 14.8 Å². The molecule has 21 heavy (non-hydrogen) atoms. The molecule has 0 aliphatic heterocycles. The molecule has 0 spiro atoms. The van der Waals surface area contributed by atoms with Gasteiger partial charge in [-0.3, -0.25) is 0 Å². The monoisotopic (exact) mass is 316 g/mol. The van der Waals surface area contributed by atoms with Crippen LogP contribution in [0, 0.1) is 6.92 Å². The molecule has 0 aliphatic carbocycles. The number of aromatic nitrogens is 2. The zero-order valence-electron chi connectivity index (χ0n) is 12.7. The van der Waals surface area contributed by atoms with E-state index < -0.39 is 21.5 Å². The van der Waals surface area contributed by atoms with Crippen LogP contribution in [0.1, 0.15) is 30.2 Å². The molecule has 0 radical (unpaired) electrons. The quantitative estimate of drug-likeness (QED) is 0.727. The number of carbonyl (C=O) groups is 1. The summed E-state index contributed by atoms with van der Waals surface area (Å²) in [5, 5.41) is 2.98. The standard InChI is InChI=1S/C12H20N4O4S/c1-8-6-9(15-10(14-8)11(17)20-4)13-7-12(2,3)16-21(5,18)19/h6,16H,7H2,1-5H3,(H,13,14,15). The second-order valence-electron chi connectivity index (χ2n) is 5.32. The first kappa shape index (κ1) is 17.3. The van der Waals surface area contributed by atoms with Gasteiger partial charge in [-0.25, -0.2) is 27.9 Å². The molecule has 0 amide bonds. The fraction of sp³-hybridized carbons (Fsp3) is 0.583. The molecule has 1 heterocycles. The Kier molecular flexibility index (Phi) is 5.24. The number of nitrogens with one attached hydrogen (secondary N) is 2. The topological polar surface area (TPSA) is 110 Å². The van der Waals surface area contributed by atoms with Gasteiger partial charge >= 0.3 is 5.97 Å². The van der Waals surface area contributed by atoms with Gasteiger partial charge in [0.15, 0.2) is 0 Å². The van der Waals surface area contributed by atoms with Crippen LogP contribution >= 0.6 is 0 Å². The van der Waals surface area contributed by atoms with E-state index in [1.165, 1.54) is 7.11 Å². The summed E-state index contributed by atoms with van der Waals surface area (Å²) in [6, 6.07) is 1.66. The number of rotatable bonds is 6. The van der Waals surface area contributed by atoms with Gasteiger partial charge in [-0.15, -0.1) is 0 Å². The maximum Gasteiger partial charge on any atom is 0.376 e. The van der Waals surface area contributed by atoms with Gasteiger partial charge < -0.3 is 10.1 Å². The Morgan fingerprint density at radius 1 is 1.38 bits per heavy atom. The molecule has 0 fully saturated rings. The van der Waals surface area contributed by atoms with Crippen LogP contribution in [0.4, 0.5) is 5.82 Å². The maximum atomic E-state index is 11.4. The largest absolute Gasteiger partial charge is 0.463 e. The van der Waals surface area contributed by atoms with Gasteiger partial charge in [0.2, 0.25) is 15.8 Å². The van der Waals surface area contributed by atoms with Gasteiger partial charge in [0.05, 0.1) is 13.4 Å². The first-order valence-corrected chi connectivity index (χ1v) is 8.08. The van der Waals surface area contributed by atoms with Crippen molar-refractivity contribution in [1.29, 1.82) is 0 Å². The van der Waals surface area contributed by atoms with Crippen LogP contribution in [-0.4, -0.2) is 49.8 Å². The lowest BCUT2D eigenvalue weighted by molar-refractivity contribution is 0.0586. The van der Waals surface area contributed by atoms with E-state index in [-0.39, 0.29) is 12.4 Å². The molecule has 0 unspecified atom stereocenters. The van der Waals surface area contributed by atoms with E-state index in [1.54, 1.807) is 26.8 Å². The molecule has 0 saturated heterocycles. The minimum absolute atomic E-state index is 0.0473. The normalized spacial score (nSPS) is 12.0. The van der Waals surface area contributed by atoms with Gasteiger partial charge in [-0.05, 0) is 20.8 Å². The highest BCUT2D eigenvalue weighted by Crippen LogP contribution is 2.10. The van der Waals surface area contributed by atoms with Crippen LogP contribution in [0.3, 0.4) is 0 Å². The van der Waals surface area contributed by atoms with Crippen molar-refractivity contribution in [2.75, 3.05) is 25.2 Å². The molecule has 0 aliphatic rings. The van der Waals surface area contributed by atoms with E-state index >= 15 is 0 Å². The predicted octanol–water partition coefficient (Wildman–Crippen LogP) is 0.311. The Balaban J connectivity index is 2.84. The van der Waals surface area contributed by atoms with Crippen LogP contribution in [0.25, 0.3) is 0 Å². The van der Waals surface area contributed by atoms with E-state index in [0.717, 1.165) is 6.26 Å². The first-order valence-electron chi connectivity index (χ1n) is 6.19. The van der Waals surface area contributed by atoms with Crippen molar-refractivity contribution in [2.45, 2.75) is 26.3 Å². The Bertz CT molecular complexity index is 628. The average molecular weight is 316 g/mol. The molecule has 1 rings (SSSR count). The summed E-state index contributed by atoms with van der Waals surface area (Å²) in [4.78, 5) is 19.4.